The molecule has 34 heavy (non-hydrogen) atoms. The molecule has 0 amide bonds. The fourth-order valence-corrected chi connectivity index (χ4v) is 4.51. The van der Waals surface area contributed by atoms with Crippen LogP contribution in [0, 0.1) is 0 Å². The lowest BCUT2D eigenvalue weighted by Gasteiger charge is -2.35. The molecule has 1 aliphatic carbocycles. The summed E-state index contributed by atoms with van der Waals surface area (Å²) in [5.74, 6) is 0.997. The minimum absolute atomic E-state index is 0.0210. The summed E-state index contributed by atoms with van der Waals surface area (Å²) in [5, 5.41) is 0. The van der Waals surface area contributed by atoms with E-state index in [2.05, 4.69) is 29.7 Å². The van der Waals surface area contributed by atoms with Gasteiger partial charge in [-0.2, -0.15) is 13.2 Å². The first-order valence-electron chi connectivity index (χ1n) is 11.2. The Labute approximate surface area is 192 Å². The normalized spacial score (nSPS) is 17.7. The van der Waals surface area contributed by atoms with E-state index in [1.165, 1.54) is 10.6 Å². The first-order chi connectivity index (χ1) is 16.3. The van der Waals surface area contributed by atoms with Crippen LogP contribution in [0.3, 0.4) is 0 Å². The number of piperazine rings is 1. The molecule has 1 saturated heterocycles. The molecule has 1 aliphatic heterocycles. The van der Waals surface area contributed by atoms with E-state index in [0.29, 0.717) is 31.4 Å². The van der Waals surface area contributed by atoms with Crippen molar-refractivity contribution in [1.29, 1.82) is 0 Å². The zero-order valence-electron chi connectivity index (χ0n) is 18.2. The molecule has 176 valence electrons. The van der Waals surface area contributed by atoms with Gasteiger partial charge < -0.3 is 14.3 Å². The van der Waals surface area contributed by atoms with Crippen LogP contribution in [0.1, 0.15) is 35.6 Å². The average Bonchev–Trinajstić information content (AvgIpc) is 3.55. The Hall–Kier alpha value is -3.47. The number of anilines is 1. The van der Waals surface area contributed by atoms with Gasteiger partial charge in [-0.3, -0.25) is 14.7 Å². The van der Waals surface area contributed by atoms with Gasteiger partial charge in [-0.15, -0.1) is 0 Å². The molecular formula is C23H22F3N7O. The van der Waals surface area contributed by atoms with Gasteiger partial charge in [-0.25, -0.2) is 9.97 Å². The number of aromatic amines is 1. The Morgan fingerprint density at radius 1 is 1.03 bits per heavy atom. The predicted octanol–water partition coefficient (Wildman–Crippen LogP) is 3.18. The second kappa shape index (κ2) is 7.79. The lowest BCUT2D eigenvalue weighted by molar-refractivity contribution is -0.140. The van der Waals surface area contributed by atoms with Crippen molar-refractivity contribution in [3.8, 4) is 0 Å². The fourth-order valence-electron chi connectivity index (χ4n) is 4.51. The molecule has 0 unspecified atom stereocenters. The third kappa shape index (κ3) is 4.00. The third-order valence-corrected chi connectivity index (χ3v) is 6.52. The molecule has 1 saturated carbocycles. The zero-order chi connectivity index (χ0) is 23.4. The first kappa shape index (κ1) is 21.1. The van der Waals surface area contributed by atoms with Gasteiger partial charge in [0.05, 0.1) is 23.4 Å². The number of imidazole rings is 1. The molecule has 11 heteroatoms. The number of nitrogens with zero attached hydrogens (tertiary/aromatic N) is 6. The highest BCUT2D eigenvalue weighted by Gasteiger charge is 2.34. The third-order valence-electron chi connectivity index (χ3n) is 6.52. The average molecular weight is 469 g/mol. The summed E-state index contributed by atoms with van der Waals surface area (Å²) >= 11 is 0. The predicted molar refractivity (Wildman–Crippen MR) is 120 cm³/mol. The lowest BCUT2D eigenvalue weighted by Crippen LogP contribution is -2.46. The number of rotatable bonds is 4. The van der Waals surface area contributed by atoms with Gasteiger partial charge in [0.15, 0.2) is 11.3 Å². The topological polar surface area (TPSA) is 82.4 Å². The van der Waals surface area contributed by atoms with Crippen molar-refractivity contribution in [3.63, 3.8) is 0 Å². The number of H-pyrrole nitrogens is 1. The van der Waals surface area contributed by atoms with Gasteiger partial charge >= 0.3 is 6.18 Å². The number of hydrogen-bond acceptors (Lipinski definition) is 6. The Morgan fingerprint density at radius 2 is 1.82 bits per heavy atom. The van der Waals surface area contributed by atoms with Gasteiger partial charge in [0.2, 0.25) is 0 Å². The minimum atomic E-state index is -4.48. The maximum absolute atomic E-state index is 12.9. The van der Waals surface area contributed by atoms with Gasteiger partial charge in [0.1, 0.15) is 5.82 Å². The molecule has 0 bridgehead atoms. The monoisotopic (exact) mass is 469 g/mol. The van der Waals surface area contributed by atoms with Crippen molar-refractivity contribution in [2.45, 2.75) is 31.5 Å². The number of halogens is 3. The summed E-state index contributed by atoms with van der Waals surface area (Å²) in [5.41, 5.74) is 2.64. The maximum atomic E-state index is 12.9. The molecule has 2 fully saturated rings. The smallest absolute Gasteiger partial charge is 0.353 e. The van der Waals surface area contributed by atoms with Crippen LogP contribution >= 0.6 is 0 Å². The number of nitrogens with one attached hydrogen (secondary N) is 1. The highest BCUT2D eigenvalue weighted by Crippen LogP contribution is 2.38. The van der Waals surface area contributed by atoms with E-state index in [9.17, 15) is 18.0 Å². The number of hydrogen-bond donors (Lipinski definition) is 1. The minimum Gasteiger partial charge on any atom is -0.353 e. The van der Waals surface area contributed by atoms with Crippen LogP contribution in [0.2, 0.25) is 0 Å². The largest absolute Gasteiger partial charge is 0.434 e. The molecular weight excluding hydrogens is 447 g/mol. The second-order valence-electron chi connectivity index (χ2n) is 9.00. The Bertz CT molecular complexity index is 1430. The van der Waals surface area contributed by atoms with E-state index in [1.54, 1.807) is 6.20 Å². The Balaban J connectivity index is 1.13. The van der Waals surface area contributed by atoms with E-state index in [-0.39, 0.29) is 11.2 Å². The number of pyridine rings is 2. The lowest BCUT2D eigenvalue weighted by atomic mass is 10.1. The van der Waals surface area contributed by atoms with E-state index in [1.807, 2.05) is 18.3 Å². The Morgan fingerprint density at radius 3 is 2.56 bits per heavy atom. The second-order valence-corrected chi connectivity index (χ2v) is 9.00. The summed E-state index contributed by atoms with van der Waals surface area (Å²) in [7, 11) is 0. The molecule has 0 atom stereocenters. The summed E-state index contributed by atoms with van der Waals surface area (Å²) in [6, 6.07) is 3.90. The molecule has 6 rings (SSSR count). The van der Waals surface area contributed by atoms with Crippen LogP contribution in [0.25, 0.3) is 16.7 Å². The number of fused-ring (bicyclic) bond motifs is 2. The summed E-state index contributed by atoms with van der Waals surface area (Å²) < 4.78 is 40.2. The van der Waals surface area contributed by atoms with Gasteiger partial charge in [-0.05, 0) is 36.5 Å². The summed E-state index contributed by atoms with van der Waals surface area (Å²) in [6.07, 6.45) is 3.46. The van der Waals surface area contributed by atoms with Crippen molar-refractivity contribution < 1.29 is 13.2 Å². The molecule has 0 radical (unpaired) electrons. The zero-order valence-corrected chi connectivity index (χ0v) is 18.2. The summed E-state index contributed by atoms with van der Waals surface area (Å²) in [4.78, 5) is 32.1. The maximum Gasteiger partial charge on any atom is 0.434 e. The Kier molecular flexibility index (Phi) is 4.83. The van der Waals surface area contributed by atoms with Crippen molar-refractivity contribution >= 4 is 22.5 Å². The van der Waals surface area contributed by atoms with Crippen molar-refractivity contribution in [2.75, 3.05) is 31.1 Å². The van der Waals surface area contributed by atoms with Crippen LogP contribution in [0.5, 0.6) is 0 Å². The molecule has 8 nitrogen and oxygen atoms in total. The van der Waals surface area contributed by atoms with Crippen molar-refractivity contribution in [2.24, 2.45) is 0 Å². The van der Waals surface area contributed by atoms with Crippen LogP contribution in [-0.4, -0.2) is 55.4 Å². The molecule has 0 spiro atoms. The van der Waals surface area contributed by atoms with Crippen molar-refractivity contribution in [1.82, 2.24) is 29.2 Å². The van der Waals surface area contributed by atoms with Gasteiger partial charge in [-0.1, -0.05) is 0 Å². The molecule has 1 N–H and O–H groups in total. The quantitative estimate of drug-likeness (QED) is 0.495. The van der Waals surface area contributed by atoms with E-state index in [0.717, 1.165) is 54.3 Å². The van der Waals surface area contributed by atoms with E-state index in [4.69, 9.17) is 0 Å². The molecule has 5 heterocycles. The first-order valence-corrected chi connectivity index (χ1v) is 11.2. The molecule has 0 aromatic carbocycles. The highest BCUT2D eigenvalue weighted by molar-refractivity contribution is 5.75. The van der Waals surface area contributed by atoms with Crippen LogP contribution < -0.4 is 10.5 Å². The standard InChI is InChI=1S/C23H22F3N7O/c24-23(25,26)19-12-33-13-21(28-10-20(33)30-19)32-5-3-31(4-6-32)11-14-7-18-17(27-9-14)8-16(15-1-2-15)22(34)29-18/h7-10,12-13,15H,1-6,11H2,(H,29,34). The highest BCUT2D eigenvalue weighted by atomic mass is 19.4. The van der Waals surface area contributed by atoms with Gasteiger partial charge in [0.25, 0.3) is 5.56 Å². The van der Waals surface area contributed by atoms with Crippen LogP contribution in [0.15, 0.2) is 41.7 Å². The van der Waals surface area contributed by atoms with E-state index >= 15 is 0 Å². The molecule has 4 aromatic rings. The van der Waals surface area contributed by atoms with Crippen molar-refractivity contribution in [3.05, 3.63) is 64.1 Å². The van der Waals surface area contributed by atoms with Gasteiger partial charge in [0, 0.05) is 50.7 Å². The molecule has 4 aromatic heterocycles. The fraction of sp³-hybridized carbons (Fsp3) is 0.391. The SMILES string of the molecule is O=c1[nH]c2cc(CN3CCN(c4cn5cc(C(F)(F)F)nc5cn4)CC3)cnc2cc1C1CC1. The summed E-state index contributed by atoms with van der Waals surface area (Å²) in [6.45, 7) is 3.63. The number of alkyl halides is 3. The van der Waals surface area contributed by atoms with E-state index < -0.39 is 11.9 Å². The van der Waals surface area contributed by atoms with Crippen LogP contribution in [-0.2, 0) is 12.7 Å². The number of aromatic nitrogens is 5. The van der Waals surface area contributed by atoms with Crippen LogP contribution in [0.4, 0.5) is 19.0 Å². The molecule has 2 aliphatic rings.